The van der Waals surface area contributed by atoms with Crippen molar-refractivity contribution in [1.29, 1.82) is 0 Å². The maximum atomic E-state index is 6.02. The molecule has 2 aromatic heterocycles. The van der Waals surface area contributed by atoms with Crippen LogP contribution in [0.5, 0.6) is 0 Å². The number of pyridine rings is 2. The third kappa shape index (κ3) is 3.54. The van der Waals surface area contributed by atoms with Crippen molar-refractivity contribution in [2.75, 3.05) is 12.3 Å². The van der Waals surface area contributed by atoms with Gasteiger partial charge in [-0.15, -0.1) is 0 Å². The Morgan fingerprint density at radius 1 is 1.25 bits per heavy atom. The molecule has 2 heterocycles. The van der Waals surface area contributed by atoms with Gasteiger partial charge in [0.05, 0.1) is 0 Å². The molecule has 0 aliphatic carbocycles. The van der Waals surface area contributed by atoms with Crippen LogP contribution in [0.15, 0.2) is 30.6 Å². The van der Waals surface area contributed by atoms with E-state index in [0.29, 0.717) is 0 Å². The first-order valence-electron chi connectivity index (χ1n) is 6.97. The number of aromatic nitrogens is 2. The zero-order valence-electron chi connectivity index (χ0n) is 12.4. The number of anilines is 1. The first-order chi connectivity index (χ1) is 9.60. The molecule has 1 unspecified atom stereocenters. The Bertz CT molecular complexity index is 560. The van der Waals surface area contributed by atoms with Crippen LogP contribution in [-0.2, 0) is 6.42 Å². The predicted molar refractivity (Wildman–Crippen MR) is 82.5 cm³/mol. The summed E-state index contributed by atoms with van der Waals surface area (Å²) in [5.74, 6) is 0. The molecule has 0 amide bonds. The molecule has 0 aliphatic heterocycles. The number of aryl methyl sites for hydroxylation is 2. The van der Waals surface area contributed by atoms with Gasteiger partial charge in [0.25, 0.3) is 0 Å². The Balaban J connectivity index is 2.29. The molecule has 2 aromatic rings. The van der Waals surface area contributed by atoms with E-state index in [9.17, 15) is 0 Å². The molecule has 0 spiro atoms. The second-order valence-corrected chi connectivity index (χ2v) is 5.07. The van der Waals surface area contributed by atoms with Gasteiger partial charge in [-0.2, -0.15) is 0 Å². The van der Waals surface area contributed by atoms with Crippen molar-refractivity contribution in [2.24, 2.45) is 0 Å². The minimum atomic E-state index is 0.229. The van der Waals surface area contributed by atoms with Crippen molar-refractivity contribution < 1.29 is 0 Å². The van der Waals surface area contributed by atoms with E-state index in [-0.39, 0.29) is 6.04 Å². The van der Waals surface area contributed by atoms with Crippen molar-refractivity contribution in [3.05, 3.63) is 53.1 Å². The molecule has 0 bridgehead atoms. The summed E-state index contributed by atoms with van der Waals surface area (Å²) in [7, 11) is 0. The fraction of sp³-hybridized carbons (Fsp3) is 0.375. The van der Waals surface area contributed by atoms with Gasteiger partial charge in [0.2, 0.25) is 0 Å². The lowest BCUT2D eigenvalue weighted by atomic mass is 9.98. The average molecular weight is 270 g/mol. The molecule has 1 atom stereocenters. The van der Waals surface area contributed by atoms with Crippen LogP contribution in [0.3, 0.4) is 0 Å². The number of likely N-dealkylation sites (N-methyl/N-ethyl adjacent to an activating group) is 1. The molecule has 0 saturated heterocycles. The standard InChI is InChI=1S/C16H22N4/c1-4-19-16(9-14-10-18-6-5-15(14)17)13-7-11(2)20-12(3)8-13/h5-8,10,16,19H,4,9H2,1-3H3,(H2,17,18). The van der Waals surface area contributed by atoms with Crippen LogP contribution >= 0.6 is 0 Å². The summed E-state index contributed by atoms with van der Waals surface area (Å²) in [5, 5.41) is 3.52. The second kappa shape index (κ2) is 6.48. The summed E-state index contributed by atoms with van der Waals surface area (Å²) in [6.07, 6.45) is 4.40. The van der Waals surface area contributed by atoms with E-state index in [1.54, 1.807) is 6.20 Å². The Morgan fingerprint density at radius 2 is 1.95 bits per heavy atom. The SMILES string of the molecule is CCNC(Cc1cnccc1N)c1cc(C)nc(C)c1. The van der Waals surface area contributed by atoms with Crippen LogP contribution in [0.4, 0.5) is 5.69 Å². The molecule has 0 saturated carbocycles. The van der Waals surface area contributed by atoms with E-state index >= 15 is 0 Å². The molecule has 0 aliphatic rings. The Morgan fingerprint density at radius 3 is 2.55 bits per heavy atom. The molecule has 4 nitrogen and oxygen atoms in total. The molecule has 0 radical (unpaired) electrons. The number of nitrogens with one attached hydrogen (secondary N) is 1. The van der Waals surface area contributed by atoms with Gasteiger partial charge in [-0.3, -0.25) is 9.97 Å². The fourth-order valence-electron chi connectivity index (χ4n) is 2.45. The van der Waals surface area contributed by atoms with Crippen molar-refractivity contribution in [1.82, 2.24) is 15.3 Å². The lowest BCUT2D eigenvalue weighted by molar-refractivity contribution is 0.548. The monoisotopic (exact) mass is 270 g/mol. The van der Waals surface area contributed by atoms with Gasteiger partial charge in [0.1, 0.15) is 0 Å². The summed E-state index contributed by atoms with van der Waals surface area (Å²) >= 11 is 0. The molecule has 3 N–H and O–H groups in total. The zero-order chi connectivity index (χ0) is 14.5. The summed E-state index contributed by atoms with van der Waals surface area (Å²) in [5.41, 5.74) is 11.2. The minimum Gasteiger partial charge on any atom is -0.398 e. The van der Waals surface area contributed by atoms with E-state index in [2.05, 4.69) is 34.3 Å². The molecule has 20 heavy (non-hydrogen) atoms. The number of nitrogen functional groups attached to an aromatic ring is 1. The van der Waals surface area contributed by atoms with Gasteiger partial charge in [0.15, 0.2) is 0 Å². The van der Waals surface area contributed by atoms with Crippen LogP contribution in [0.1, 0.15) is 35.5 Å². The van der Waals surface area contributed by atoms with Crippen molar-refractivity contribution in [2.45, 2.75) is 33.2 Å². The highest BCUT2D eigenvalue weighted by atomic mass is 14.9. The first kappa shape index (κ1) is 14.5. The highest BCUT2D eigenvalue weighted by Crippen LogP contribution is 2.22. The molecule has 0 aromatic carbocycles. The molecule has 2 rings (SSSR count). The highest BCUT2D eigenvalue weighted by Gasteiger charge is 2.14. The number of hydrogen-bond acceptors (Lipinski definition) is 4. The lowest BCUT2D eigenvalue weighted by Crippen LogP contribution is -2.23. The number of nitrogens with zero attached hydrogens (tertiary/aromatic N) is 2. The summed E-state index contributed by atoms with van der Waals surface area (Å²) in [4.78, 5) is 8.60. The summed E-state index contributed by atoms with van der Waals surface area (Å²) in [6.45, 7) is 7.07. The van der Waals surface area contributed by atoms with E-state index < -0.39 is 0 Å². The van der Waals surface area contributed by atoms with E-state index in [4.69, 9.17) is 5.73 Å². The Kier molecular flexibility index (Phi) is 4.69. The van der Waals surface area contributed by atoms with Crippen LogP contribution < -0.4 is 11.1 Å². The predicted octanol–water partition coefficient (Wildman–Crippen LogP) is 2.57. The Hall–Kier alpha value is -1.94. The quantitative estimate of drug-likeness (QED) is 0.876. The van der Waals surface area contributed by atoms with Crippen LogP contribution in [0.2, 0.25) is 0 Å². The van der Waals surface area contributed by atoms with Gasteiger partial charge >= 0.3 is 0 Å². The van der Waals surface area contributed by atoms with Crippen LogP contribution in [0, 0.1) is 13.8 Å². The third-order valence-corrected chi connectivity index (χ3v) is 3.32. The number of nitrogens with two attached hydrogens (primary N) is 1. The van der Waals surface area contributed by atoms with Gasteiger partial charge in [0, 0.05) is 35.5 Å². The molecule has 4 heteroatoms. The molecule has 106 valence electrons. The zero-order valence-corrected chi connectivity index (χ0v) is 12.4. The van der Waals surface area contributed by atoms with Crippen molar-refractivity contribution in [3.63, 3.8) is 0 Å². The molecular formula is C16H22N4. The topological polar surface area (TPSA) is 63.8 Å². The molecule has 0 fully saturated rings. The van der Waals surface area contributed by atoms with Crippen molar-refractivity contribution >= 4 is 5.69 Å². The summed E-state index contributed by atoms with van der Waals surface area (Å²) in [6, 6.07) is 6.34. The minimum absolute atomic E-state index is 0.229. The van der Waals surface area contributed by atoms with E-state index in [0.717, 1.165) is 35.6 Å². The third-order valence-electron chi connectivity index (χ3n) is 3.32. The van der Waals surface area contributed by atoms with Gasteiger partial charge in [-0.25, -0.2) is 0 Å². The smallest absolute Gasteiger partial charge is 0.0379 e. The van der Waals surface area contributed by atoms with Gasteiger partial charge in [-0.05, 0) is 56.1 Å². The Labute approximate surface area is 120 Å². The number of rotatable bonds is 5. The van der Waals surface area contributed by atoms with Crippen molar-refractivity contribution in [3.8, 4) is 0 Å². The maximum absolute atomic E-state index is 6.02. The van der Waals surface area contributed by atoms with E-state index in [1.807, 2.05) is 26.1 Å². The van der Waals surface area contributed by atoms with Gasteiger partial charge < -0.3 is 11.1 Å². The maximum Gasteiger partial charge on any atom is 0.0379 e. The lowest BCUT2D eigenvalue weighted by Gasteiger charge is -2.20. The second-order valence-electron chi connectivity index (χ2n) is 5.07. The molecular weight excluding hydrogens is 248 g/mol. The normalized spacial score (nSPS) is 12.3. The van der Waals surface area contributed by atoms with E-state index in [1.165, 1.54) is 5.56 Å². The summed E-state index contributed by atoms with van der Waals surface area (Å²) < 4.78 is 0. The fourth-order valence-corrected chi connectivity index (χ4v) is 2.45. The van der Waals surface area contributed by atoms with Crippen LogP contribution in [-0.4, -0.2) is 16.5 Å². The van der Waals surface area contributed by atoms with Gasteiger partial charge in [-0.1, -0.05) is 6.92 Å². The van der Waals surface area contributed by atoms with Crippen LogP contribution in [0.25, 0.3) is 0 Å². The first-order valence-corrected chi connectivity index (χ1v) is 6.97. The number of hydrogen-bond donors (Lipinski definition) is 2. The highest BCUT2D eigenvalue weighted by molar-refractivity contribution is 5.45. The largest absolute Gasteiger partial charge is 0.398 e. The average Bonchev–Trinajstić information content (AvgIpc) is 2.39.